The molecule has 0 fully saturated rings. The Kier molecular flexibility index (Phi) is 14.1. The average molecular weight is 1140 g/mol. The van der Waals surface area contributed by atoms with E-state index in [0.717, 1.165) is 0 Å². The Hall–Kier alpha value is -11.7. The third kappa shape index (κ3) is 10.8. The van der Waals surface area contributed by atoms with Crippen molar-refractivity contribution in [2.24, 2.45) is 0 Å². The van der Waals surface area contributed by atoms with Crippen LogP contribution in [0.25, 0.3) is 162 Å². The zero-order valence-electron chi connectivity index (χ0n) is 49.6. The lowest BCUT2D eigenvalue weighted by molar-refractivity contribution is 1.77. The molecule has 20 aromatic carbocycles. The van der Waals surface area contributed by atoms with Crippen LogP contribution in [0.15, 0.2) is 364 Å². The summed E-state index contributed by atoms with van der Waals surface area (Å²) in [4.78, 5) is 0. The topological polar surface area (TPSA) is 0 Å². The summed E-state index contributed by atoms with van der Waals surface area (Å²) >= 11 is 0. The summed E-state index contributed by atoms with van der Waals surface area (Å²) in [5.41, 5.74) is 0. The molecule has 0 heteroatoms. The Bertz CT molecular complexity index is 5080. The Morgan fingerprint density at radius 2 is 0.211 bits per heavy atom. The first kappa shape index (κ1) is 53.7. The van der Waals surface area contributed by atoms with Gasteiger partial charge >= 0.3 is 0 Å². The molecule has 0 atom stereocenters. The monoisotopic (exact) mass is 1140 g/mol. The van der Waals surface area contributed by atoms with E-state index in [1.54, 1.807) is 0 Å². The van der Waals surface area contributed by atoms with Gasteiger partial charge < -0.3 is 0 Å². The highest BCUT2D eigenvalue weighted by molar-refractivity contribution is 6.14. The van der Waals surface area contributed by atoms with Crippen LogP contribution in [-0.2, 0) is 0 Å². The van der Waals surface area contributed by atoms with Gasteiger partial charge in [0.15, 0.2) is 0 Å². The highest BCUT2D eigenvalue weighted by Gasteiger charge is 2.07. The standard InChI is InChI=1S/5C18H12/c2*1-2-7-15-12-18-16(11-14(15)6-1)10-9-13-5-3-4-8-17(13)18;3*1-2-6-14-10-18-12-16-8-4-3-7-15(16)11-17(18)9-13(14)5-1/h5*1-12H. The van der Waals surface area contributed by atoms with E-state index in [1.807, 2.05) is 0 Å². The fourth-order valence-corrected chi connectivity index (χ4v) is 13.3. The van der Waals surface area contributed by atoms with E-state index in [9.17, 15) is 0 Å². The van der Waals surface area contributed by atoms with Gasteiger partial charge in [0.25, 0.3) is 0 Å². The van der Waals surface area contributed by atoms with E-state index >= 15 is 0 Å². The van der Waals surface area contributed by atoms with Crippen molar-refractivity contribution in [2.75, 3.05) is 0 Å². The van der Waals surface area contributed by atoms with Gasteiger partial charge in [0.1, 0.15) is 0 Å². The Morgan fingerprint density at radius 3 is 0.400 bits per heavy atom. The molecule has 0 nitrogen and oxygen atoms in total. The minimum atomic E-state index is 1.31. The highest BCUT2D eigenvalue weighted by atomic mass is 14.1. The first-order valence-electron chi connectivity index (χ1n) is 31.1. The molecule has 0 bridgehead atoms. The predicted molar refractivity (Wildman–Crippen MR) is 395 cm³/mol. The molecule has 0 N–H and O–H groups in total. The highest BCUT2D eigenvalue weighted by Crippen LogP contribution is 2.34. The fourth-order valence-electron chi connectivity index (χ4n) is 13.3. The minimum absolute atomic E-state index is 1.31. The van der Waals surface area contributed by atoms with E-state index in [0.29, 0.717) is 0 Å². The molecule has 0 aliphatic carbocycles. The number of benzene rings is 20. The molecule has 20 aromatic rings. The van der Waals surface area contributed by atoms with Crippen LogP contribution < -0.4 is 0 Å². The second-order valence-corrected chi connectivity index (χ2v) is 23.7. The van der Waals surface area contributed by atoms with Crippen molar-refractivity contribution in [1.29, 1.82) is 0 Å². The quantitative estimate of drug-likeness (QED) is 0.105. The van der Waals surface area contributed by atoms with Gasteiger partial charge in [-0.1, -0.05) is 267 Å². The van der Waals surface area contributed by atoms with Gasteiger partial charge in [0, 0.05) is 0 Å². The fraction of sp³-hybridized carbons (Fsp3) is 0. The van der Waals surface area contributed by atoms with Crippen LogP contribution in [0.3, 0.4) is 0 Å². The summed E-state index contributed by atoms with van der Waals surface area (Å²) in [6.45, 7) is 0. The third-order valence-corrected chi connectivity index (χ3v) is 17.9. The summed E-state index contributed by atoms with van der Waals surface area (Å²) in [6, 6.07) is 131. The molecule has 0 spiro atoms. The maximum Gasteiger partial charge on any atom is -0.00990 e. The maximum absolute atomic E-state index is 2.30. The van der Waals surface area contributed by atoms with E-state index in [1.165, 1.54) is 162 Å². The largest absolute Gasteiger partial charge is 0.0616 e. The molecule has 20 rings (SSSR count). The number of rotatable bonds is 0. The van der Waals surface area contributed by atoms with E-state index in [2.05, 4.69) is 364 Å². The molecule has 0 aliphatic rings. The van der Waals surface area contributed by atoms with Crippen molar-refractivity contribution in [3.63, 3.8) is 0 Å². The molecular weight excluding hydrogens is 1080 g/mol. The molecule has 0 unspecified atom stereocenters. The van der Waals surface area contributed by atoms with Crippen LogP contribution in [0.5, 0.6) is 0 Å². The van der Waals surface area contributed by atoms with Crippen molar-refractivity contribution in [3.8, 4) is 0 Å². The molecule has 90 heavy (non-hydrogen) atoms. The summed E-state index contributed by atoms with van der Waals surface area (Å²) < 4.78 is 0. The first-order valence-corrected chi connectivity index (χ1v) is 31.1. The smallest absolute Gasteiger partial charge is 0.00990 e. The minimum Gasteiger partial charge on any atom is -0.0616 e. The molecule has 0 radical (unpaired) electrons. The SMILES string of the molecule is c1ccc2cc3c(ccc4ccccc43)cc2c1.c1ccc2cc3c(ccc4ccccc43)cc2c1.c1ccc2cc3cc4ccccc4cc3cc2c1.c1ccc2cc3cc4ccccc4cc3cc2c1.c1ccc2cc3cc4ccccc4cc3cc2c1. The second kappa shape index (κ2) is 23.5. The van der Waals surface area contributed by atoms with E-state index < -0.39 is 0 Å². The van der Waals surface area contributed by atoms with Gasteiger partial charge in [-0.05, 0) is 259 Å². The van der Waals surface area contributed by atoms with Crippen LogP contribution in [0.2, 0.25) is 0 Å². The molecule has 0 amide bonds. The lowest BCUT2D eigenvalue weighted by atomic mass is 9.98. The van der Waals surface area contributed by atoms with Crippen molar-refractivity contribution in [3.05, 3.63) is 364 Å². The molecule has 420 valence electrons. The summed E-state index contributed by atoms with van der Waals surface area (Å²) in [5.74, 6) is 0. The lowest BCUT2D eigenvalue weighted by Gasteiger charge is -2.06. The van der Waals surface area contributed by atoms with Crippen molar-refractivity contribution >= 4 is 162 Å². The lowest BCUT2D eigenvalue weighted by Crippen LogP contribution is -1.79. The zero-order valence-corrected chi connectivity index (χ0v) is 49.6. The van der Waals surface area contributed by atoms with E-state index in [4.69, 9.17) is 0 Å². The summed E-state index contributed by atoms with van der Waals surface area (Å²) in [5, 5.41) is 39.4. The summed E-state index contributed by atoms with van der Waals surface area (Å²) in [6.07, 6.45) is 0. The van der Waals surface area contributed by atoms with Gasteiger partial charge in [-0.25, -0.2) is 0 Å². The average Bonchev–Trinajstić information content (AvgIpc) is 1.64. The van der Waals surface area contributed by atoms with Crippen molar-refractivity contribution in [2.45, 2.75) is 0 Å². The van der Waals surface area contributed by atoms with E-state index in [-0.39, 0.29) is 0 Å². The Balaban J connectivity index is 0.0000000901. The molecule has 0 saturated carbocycles. The third-order valence-electron chi connectivity index (χ3n) is 17.9. The van der Waals surface area contributed by atoms with Gasteiger partial charge in [-0.3, -0.25) is 0 Å². The van der Waals surface area contributed by atoms with Crippen LogP contribution in [0.4, 0.5) is 0 Å². The molecule has 0 aliphatic heterocycles. The van der Waals surface area contributed by atoms with Crippen LogP contribution in [-0.4, -0.2) is 0 Å². The number of fused-ring (bicyclic) bond motifs is 17. The van der Waals surface area contributed by atoms with Crippen LogP contribution in [0.1, 0.15) is 0 Å². The molecule has 0 heterocycles. The second-order valence-electron chi connectivity index (χ2n) is 23.7. The number of hydrogen-bond acceptors (Lipinski definition) is 0. The molecule has 0 aromatic heterocycles. The molecule has 0 saturated heterocycles. The van der Waals surface area contributed by atoms with Gasteiger partial charge in [0.2, 0.25) is 0 Å². The molecular formula is C90H60. The van der Waals surface area contributed by atoms with Crippen LogP contribution in [0, 0.1) is 0 Å². The Labute approximate surface area is 522 Å². The van der Waals surface area contributed by atoms with Crippen LogP contribution >= 0.6 is 0 Å². The van der Waals surface area contributed by atoms with Gasteiger partial charge in [-0.15, -0.1) is 0 Å². The summed E-state index contributed by atoms with van der Waals surface area (Å²) in [7, 11) is 0. The number of hydrogen-bond donors (Lipinski definition) is 0. The Morgan fingerprint density at radius 1 is 0.0778 bits per heavy atom. The maximum atomic E-state index is 2.30. The predicted octanol–water partition coefficient (Wildman–Crippen LogP) is 25.7. The zero-order chi connectivity index (χ0) is 59.7. The van der Waals surface area contributed by atoms with Gasteiger partial charge in [-0.2, -0.15) is 0 Å². The van der Waals surface area contributed by atoms with Crippen molar-refractivity contribution in [1.82, 2.24) is 0 Å². The normalized spacial score (nSPS) is 11.3. The van der Waals surface area contributed by atoms with Crippen molar-refractivity contribution < 1.29 is 0 Å². The van der Waals surface area contributed by atoms with Gasteiger partial charge in [0.05, 0.1) is 0 Å². The first-order chi connectivity index (χ1) is 44.5.